The van der Waals surface area contributed by atoms with Crippen LogP contribution in [0.4, 0.5) is 11.8 Å². The molecule has 178 valence electrons. The van der Waals surface area contributed by atoms with E-state index in [0.29, 0.717) is 0 Å². The Labute approximate surface area is 199 Å². The van der Waals surface area contributed by atoms with Gasteiger partial charge in [0.15, 0.2) is 0 Å². The van der Waals surface area contributed by atoms with Gasteiger partial charge < -0.3 is 15.5 Å². The van der Waals surface area contributed by atoms with E-state index in [1.54, 1.807) is 0 Å². The van der Waals surface area contributed by atoms with Gasteiger partial charge in [-0.15, -0.1) is 0 Å². The molecule has 2 atom stereocenters. The molecule has 33 heavy (non-hydrogen) atoms. The number of nitrogens with zero attached hydrogens (tertiary/aromatic N) is 3. The van der Waals surface area contributed by atoms with E-state index in [0.717, 1.165) is 51.4 Å². The Morgan fingerprint density at radius 3 is 2.52 bits per heavy atom. The molecule has 0 saturated carbocycles. The summed E-state index contributed by atoms with van der Waals surface area (Å²) in [5, 5.41) is 11.2. The number of hydrogen-bond donors (Lipinski definition) is 3. The Balaban J connectivity index is 1.35. The summed E-state index contributed by atoms with van der Waals surface area (Å²) in [6.45, 7) is 4.18. The summed E-state index contributed by atoms with van der Waals surface area (Å²) in [4.78, 5) is 12.8. The predicted molar refractivity (Wildman–Crippen MR) is 136 cm³/mol. The highest BCUT2D eigenvalue weighted by Crippen LogP contribution is 2.30. The summed E-state index contributed by atoms with van der Waals surface area (Å²) in [6.07, 6.45) is 13.8. The van der Waals surface area contributed by atoms with Gasteiger partial charge in [0.2, 0.25) is 5.95 Å². The molecule has 1 aromatic heterocycles. The van der Waals surface area contributed by atoms with Crippen molar-refractivity contribution in [1.29, 1.82) is 0 Å². The van der Waals surface area contributed by atoms with Crippen LogP contribution in [0.1, 0.15) is 74.6 Å². The average Bonchev–Trinajstić information content (AvgIpc) is 3.27. The van der Waals surface area contributed by atoms with Gasteiger partial charge in [0.25, 0.3) is 0 Å². The van der Waals surface area contributed by atoms with Gasteiger partial charge in [-0.1, -0.05) is 49.6 Å². The van der Waals surface area contributed by atoms with E-state index in [4.69, 9.17) is 9.97 Å². The smallest absolute Gasteiger partial charge is 0.225 e. The Morgan fingerprint density at radius 2 is 1.67 bits per heavy atom. The second kappa shape index (κ2) is 11.3. The lowest BCUT2D eigenvalue weighted by molar-refractivity contribution is 0.314. The quantitative estimate of drug-likeness (QED) is 0.569. The van der Waals surface area contributed by atoms with Crippen molar-refractivity contribution < 1.29 is 0 Å². The number of anilines is 2. The zero-order chi connectivity index (χ0) is 22.3. The Morgan fingerprint density at radius 1 is 0.879 bits per heavy atom. The third kappa shape index (κ3) is 5.85. The van der Waals surface area contributed by atoms with Crippen LogP contribution in [0.3, 0.4) is 0 Å². The number of piperidine rings is 1. The fourth-order valence-electron chi connectivity index (χ4n) is 5.61. The van der Waals surface area contributed by atoms with Gasteiger partial charge in [-0.25, -0.2) is 4.98 Å². The molecular formula is C27H40N6. The van der Waals surface area contributed by atoms with Crippen LogP contribution < -0.4 is 20.9 Å². The summed E-state index contributed by atoms with van der Waals surface area (Å²) < 4.78 is 0. The molecule has 0 amide bonds. The van der Waals surface area contributed by atoms with Crippen molar-refractivity contribution in [3.63, 3.8) is 0 Å². The zero-order valence-corrected chi connectivity index (χ0v) is 20.0. The van der Waals surface area contributed by atoms with E-state index in [1.165, 1.54) is 74.0 Å². The van der Waals surface area contributed by atoms with E-state index >= 15 is 0 Å². The van der Waals surface area contributed by atoms with Crippen LogP contribution in [-0.4, -0.2) is 41.8 Å². The number of aromatic nitrogens is 2. The fraction of sp³-hybridized carbons (Fsp3) is 0.630. The normalized spacial score (nSPS) is 23.9. The molecule has 6 nitrogen and oxygen atoms in total. The molecule has 0 spiro atoms. The molecule has 3 heterocycles. The van der Waals surface area contributed by atoms with Gasteiger partial charge >= 0.3 is 0 Å². The number of rotatable bonds is 6. The topological polar surface area (TPSA) is 65.1 Å². The van der Waals surface area contributed by atoms with Crippen LogP contribution in [0.5, 0.6) is 0 Å². The first-order valence-corrected chi connectivity index (χ1v) is 13.3. The first-order chi connectivity index (χ1) is 16.4. The van der Waals surface area contributed by atoms with Crippen molar-refractivity contribution in [2.24, 2.45) is 0 Å². The first-order valence-electron chi connectivity index (χ1n) is 13.3. The highest BCUT2D eigenvalue weighted by atomic mass is 15.3. The van der Waals surface area contributed by atoms with E-state index < -0.39 is 0 Å². The van der Waals surface area contributed by atoms with Gasteiger partial charge in [-0.2, -0.15) is 4.98 Å². The lowest BCUT2D eigenvalue weighted by atomic mass is 10.0. The van der Waals surface area contributed by atoms with Gasteiger partial charge in [0.1, 0.15) is 5.82 Å². The predicted octanol–water partition coefficient (Wildman–Crippen LogP) is 4.41. The lowest BCUT2D eigenvalue weighted by Gasteiger charge is -2.34. The van der Waals surface area contributed by atoms with E-state index in [2.05, 4.69) is 51.2 Å². The Bertz CT molecular complexity index is 878. The molecule has 2 aromatic rings. The molecule has 0 radical (unpaired) electrons. The monoisotopic (exact) mass is 448 g/mol. The maximum atomic E-state index is 5.19. The second-order valence-electron chi connectivity index (χ2n) is 9.95. The van der Waals surface area contributed by atoms with Crippen molar-refractivity contribution in [2.45, 2.75) is 89.4 Å². The minimum absolute atomic E-state index is 0.211. The molecular weight excluding hydrogens is 408 g/mol. The van der Waals surface area contributed by atoms with Crippen LogP contribution in [0.2, 0.25) is 0 Å². The summed E-state index contributed by atoms with van der Waals surface area (Å²) in [7, 11) is 0. The van der Waals surface area contributed by atoms with Crippen LogP contribution >= 0.6 is 0 Å². The zero-order valence-electron chi connectivity index (χ0n) is 20.0. The Kier molecular flexibility index (Phi) is 7.74. The SMILES string of the molecule is c1ccc(CNC2NCCCC2Nc2nc3c(c(N4CCCCCC4)n2)CCCCC3)cc1. The fourth-order valence-corrected chi connectivity index (χ4v) is 5.61. The molecule has 1 aromatic carbocycles. The number of fused-ring (bicyclic) bond motifs is 1. The van der Waals surface area contributed by atoms with Gasteiger partial charge in [0.05, 0.1) is 17.9 Å². The van der Waals surface area contributed by atoms with Crippen molar-refractivity contribution >= 4 is 11.8 Å². The minimum atomic E-state index is 0.211. The minimum Gasteiger partial charge on any atom is -0.356 e. The standard InChI is InChI=1S/C27H40N6/c1-2-10-19-33(18-9-1)26-22-14-7-4-8-15-23(22)30-27(32-26)31-24-16-11-17-28-25(24)29-20-21-12-5-3-6-13-21/h3,5-6,12-13,24-25,28-29H,1-2,4,7-11,14-20H2,(H,30,31,32). The lowest BCUT2D eigenvalue weighted by Crippen LogP contribution is -2.56. The third-order valence-corrected chi connectivity index (χ3v) is 7.46. The number of hydrogen-bond acceptors (Lipinski definition) is 6. The highest BCUT2D eigenvalue weighted by molar-refractivity contribution is 5.53. The molecule has 3 aliphatic rings. The average molecular weight is 449 g/mol. The molecule has 1 aliphatic carbocycles. The van der Waals surface area contributed by atoms with Gasteiger partial charge in [-0.3, -0.25) is 5.32 Å². The van der Waals surface area contributed by atoms with Crippen LogP contribution in [-0.2, 0) is 19.4 Å². The maximum Gasteiger partial charge on any atom is 0.225 e. The van der Waals surface area contributed by atoms with Crippen LogP contribution in [0, 0.1) is 0 Å². The Hall–Kier alpha value is -2.18. The van der Waals surface area contributed by atoms with E-state index in [-0.39, 0.29) is 12.2 Å². The van der Waals surface area contributed by atoms with Gasteiger partial charge in [-0.05, 0) is 63.5 Å². The summed E-state index contributed by atoms with van der Waals surface area (Å²) in [6, 6.07) is 10.9. The summed E-state index contributed by atoms with van der Waals surface area (Å²) in [5.41, 5.74) is 4.04. The summed E-state index contributed by atoms with van der Waals surface area (Å²) >= 11 is 0. The van der Waals surface area contributed by atoms with Crippen molar-refractivity contribution in [3.05, 3.63) is 47.2 Å². The van der Waals surface area contributed by atoms with E-state index in [9.17, 15) is 0 Å². The van der Waals surface area contributed by atoms with Crippen LogP contribution in [0.25, 0.3) is 0 Å². The summed E-state index contributed by atoms with van der Waals surface area (Å²) in [5.74, 6) is 2.05. The van der Waals surface area contributed by atoms with Crippen molar-refractivity contribution in [3.8, 4) is 0 Å². The number of aryl methyl sites for hydroxylation is 1. The molecule has 5 rings (SSSR count). The molecule has 2 saturated heterocycles. The first kappa shape index (κ1) is 22.6. The third-order valence-electron chi connectivity index (χ3n) is 7.46. The number of nitrogens with one attached hydrogen (secondary N) is 3. The number of benzene rings is 1. The van der Waals surface area contributed by atoms with Crippen LogP contribution in [0.15, 0.2) is 30.3 Å². The molecule has 6 heteroatoms. The molecule has 2 unspecified atom stereocenters. The maximum absolute atomic E-state index is 5.19. The van der Waals surface area contributed by atoms with Crippen molar-refractivity contribution in [2.75, 3.05) is 29.9 Å². The molecule has 2 fully saturated rings. The van der Waals surface area contributed by atoms with E-state index in [1.807, 2.05) is 0 Å². The molecule has 2 aliphatic heterocycles. The molecule has 3 N–H and O–H groups in total. The van der Waals surface area contributed by atoms with Crippen molar-refractivity contribution in [1.82, 2.24) is 20.6 Å². The second-order valence-corrected chi connectivity index (χ2v) is 9.95. The largest absolute Gasteiger partial charge is 0.356 e. The highest BCUT2D eigenvalue weighted by Gasteiger charge is 2.27. The molecule has 0 bridgehead atoms. The van der Waals surface area contributed by atoms with Gasteiger partial charge in [0, 0.05) is 25.2 Å².